The molecule has 0 aliphatic carbocycles. The summed E-state index contributed by atoms with van der Waals surface area (Å²) in [6.07, 6.45) is 0. The van der Waals surface area contributed by atoms with Crippen LogP contribution >= 0.6 is 23.2 Å². The van der Waals surface area contributed by atoms with Gasteiger partial charge in [0.2, 0.25) is 5.91 Å². The summed E-state index contributed by atoms with van der Waals surface area (Å²) in [5.41, 5.74) is 0.535. The van der Waals surface area contributed by atoms with Crippen molar-refractivity contribution in [3.63, 3.8) is 0 Å². The summed E-state index contributed by atoms with van der Waals surface area (Å²) in [6, 6.07) is 5.16. The van der Waals surface area contributed by atoms with Crippen LogP contribution < -0.4 is 5.32 Å². The highest BCUT2D eigenvalue weighted by atomic mass is 35.5. The first-order valence-electron chi connectivity index (χ1n) is 6.89. The Labute approximate surface area is 134 Å². The van der Waals surface area contributed by atoms with E-state index in [-0.39, 0.29) is 12.5 Å². The lowest BCUT2D eigenvalue weighted by Gasteiger charge is -2.33. The third kappa shape index (κ3) is 4.83. The molecule has 7 heteroatoms. The van der Waals surface area contributed by atoms with E-state index >= 15 is 0 Å². The second-order valence-electron chi connectivity index (χ2n) is 4.99. The van der Waals surface area contributed by atoms with E-state index in [0.717, 1.165) is 26.2 Å². The number of β-amino-alcohol motifs (C(OH)–C–C–N with tert-alkyl or cyclic N) is 1. The largest absolute Gasteiger partial charge is 0.395 e. The number of halogens is 2. The van der Waals surface area contributed by atoms with Gasteiger partial charge in [0.25, 0.3) is 0 Å². The fourth-order valence-electron chi connectivity index (χ4n) is 2.31. The minimum Gasteiger partial charge on any atom is -0.395 e. The van der Waals surface area contributed by atoms with Gasteiger partial charge in [-0.3, -0.25) is 14.6 Å². The van der Waals surface area contributed by atoms with E-state index in [1.54, 1.807) is 18.2 Å². The summed E-state index contributed by atoms with van der Waals surface area (Å²) < 4.78 is 0. The number of nitrogens with zero attached hydrogens (tertiary/aromatic N) is 2. The van der Waals surface area contributed by atoms with Gasteiger partial charge in [0, 0.05) is 32.7 Å². The van der Waals surface area contributed by atoms with Gasteiger partial charge in [-0.15, -0.1) is 0 Å². The van der Waals surface area contributed by atoms with Crippen LogP contribution in [0.5, 0.6) is 0 Å². The highest BCUT2D eigenvalue weighted by Crippen LogP contribution is 2.29. The van der Waals surface area contributed by atoms with Crippen molar-refractivity contribution < 1.29 is 9.90 Å². The maximum atomic E-state index is 12.0. The zero-order chi connectivity index (χ0) is 15.2. The van der Waals surface area contributed by atoms with Crippen LogP contribution in [0.3, 0.4) is 0 Å². The molecule has 1 aliphatic rings. The zero-order valence-electron chi connectivity index (χ0n) is 11.7. The van der Waals surface area contributed by atoms with Crippen LogP contribution in [0.1, 0.15) is 0 Å². The Kier molecular flexibility index (Phi) is 6.26. The van der Waals surface area contributed by atoms with Crippen LogP contribution in [-0.2, 0) is 4.79 Å². The molecular formula is C14H19Cl2N3O2. The fourth-order valence-corrected chi connectivity index (χ4v) is 2.65. The second kappa shape index (κ2) is 7.96. The molecule has 0 unspecified atom stereocenters. The molecule has 1 aromatic carbocycles. The van der Waals surface area contributed by atoms with Crippen LogP contribution in [0.2, 0.25) is 10.0 Å². The van der Waals surface area contributed by atoms with E-state index in [0.29, 0.717) is 28.8 Å². The van der Waals surface area contributed by atoms with Crippen molar-refractivity contribution in [2.45, 2.75) is 0 Å². The van der Waals surface area contributed by atoms with Crippen molar-refractivity contribution in [3.8, 4) is 0 Å². The lowest BCUT2D eigenvalue weighted by molar-refractivity contribution is -0.117. The van der Waals surface area contributed by atoms with Crippen molar-refractivity contribution >= 4 is 34.8 Å². The van der Waals surface area contributed by atoms with Gasteiger partial charge in [-0.05, 0) is 12.1 Å². The third-order valence-corrected chi connectivity index (χ3v) is 4.29. The van der Waals surface area contributed by atoms with E-state index in [2.05, 4.69) is 15.1 Å². The monoisotopic (exact) mass is 331 g/mol. The van der Waals surface area contributed by atoms with Crippen molar-refractivity contribution in [1.82, 2.24) is 9.80 Å². The van der Waals surface area contributed by atoms with Gasteiger partial charge in [0.1, 0.15) is 0 Å². The van der Waals surface area contributed by atoms with Crippen LogP contribution in [-0.4, -0.2) is 66.7 Å². The minimum absolute atomic E-state index is 0.102. The van der Waals surface area contributed by atoms with Crippen molar-refractivity contribution in [3.05, 3.63) is 28.2 Å². The molecule has 1 aromatic rings. The molecule has 21 heavy (non-hydrogen) atoms. The number of anilines is 1. The molecular weight excluding hydrogens is 313 g/mol. The molecule has 0 bridgehead atoms. The maximum absolute atomic E-state index is 12.0. The molecule has 1 amide bonds. The Bertz CT molecular complexity index is 491. The first-order valence-corrected chi connectivity index (χ1v) is 7.65. The van der Waals surface area contributed by atoms with E-state index in [4.69, 9.17) is 28.3 Å². The van der Waals surface area contributed by atoms with Crippen LogP contribution in [0.25, 0.3) is 0 Å². The number of carbonyl (C=O) groups is 1. The number of piperazine rings is 1. The summed E-state index contributed by atoms with van der Waals surface area (Å²) in [7, 11) is 0. The average molecular weight is 332 g/mol. The molecule has 0 radical (unpaired) electrons. The van der Waals surface area contributed by atoms with E-state index in [9.17, 15) is 4.79 Å². The average Bonchev–Trinajstić information content (AvgIpc) is 2.46. The fraction of sp³-hybridized carbons (Fsp3) is 0.500. The van der Waals surface area contributed by atoms with Crippen molar-refractivity contribution in [1.29, 1.82) is 0 Å². The molecule has 5 nitrogen and oxygen atoms in total. The quantitative estimate of drug-likeness (QED) is 0.859. The van der Waals surface area contributed by atoms with Gasteiger partial charge in [0.15, 0.2) is 0 Å². The van der Waals surface area contributed by atoms with Gasteiger partial charge in [-0.2, -0.15) is 0 Å². The van der Waals surface area contributed by atoms with E-state index in [1.807, 2.05) is 0 Å². The number of hydrogen-bond donors (Lipinski definition) is 2. The summed E-state index contributed by atoms with van der Waals surface area (Å²) in [5, 5.41) is 12.5. The van der Waals surface area contributed by atoms with Crippen molar-refractivity contribution in [2.24, 2.45) is 0 Å². The number of amides is 1. The second-order valence-corrected chi connectivity index (χ2v) is 5.78. The maximum Gasteiger partial charge on any atom is 0.238 e. The lowest BCUT2D eigenvalue weighted by Crippen LogP contribution is -2.49. The van der Waals surface area contributed by atoms with Gasteiger partial charge in [0.05, 0.1) is 28.9 Å². The Morgan fingerprint density at radius 2 is 1.86 bits per heavy atom. The Morgan fingerprint density at radius 1 is 1.19 bits per heavy atom. The molecule has 2 rings (SSSR count). The smallest absolute Gasteiger partial charge is 0.238 e. The summed E-state index contributed by atoms with van der Waals surface area (Å²) in [6.45, 7) is 4.56. The van der Waals surface area contributed by atoms with Crippen LogP contribution in [0, 0.1) is 0 Å². The summed E-state index contributed by atoms with van der Waals surface area (Å²) in [4.78, 5) is 16.3. The standard InChI is InChI=1S/C14H19Cl2N3O2/c15-11-2-1-3-12(14(11)16)17-13(21)10-19-6-4-18(5-7-19)8-9-20/h1-3,20H,4-10H2,(H,17,21). The highest BCUT2D eigenvalue weighted by molar-refractivity contribution is 6.43. The molecule has 1 aliphatic heterocycles. The molecule has 0 atom stereocenters. The first kappa shape index (κ1) is 16.5. The molecule has 1 fully saturated rings. The SMILES string of the molecule is O=C(CN1CCN(CCO)CC1)Nc1cccc(Cl)c1Cl. The zero-order valence-corrected chi connectivity index (χ0v) is 13.2. The van der Waals surface area contributed by atoms with Crippen LogP contribution in [0.4, 0.5) is 5.69 Å². The highest BCUT2D eigenvalue weighted by Gasteiger charge is 2.19. The predicted octanol–water partition coefficient (Wildman–Crippen LogP) is 1.54. The number of carbonyl (C=O) groups excluding carboxylic acids is 1. The molecule has 116 valence electrons. The molecule has 0 saturated carbocycles. The molecule has 0 aromatic heterocycles. The van der Waals surface area contributed by atoms with Gasteiger partial charge in [-0.25, -0.2) is 0 Å². The molecule has 2 N–H and O–H groups in total. The molecule has 1 heterocycles. The number of nitrogens with one attached hydrogen (secondary N) is 1. The minimum atomic E-state index is -0.102. The van der Waals surface area contributed by atoms with Gasteiger partial charge >= 0.3 is 0 Å². The van der Waals surface area contributed by atoms with Crippen LogP contribution in [0.15, 0.2) is 18.2 Å². The number of hydrogen-bond acceptors (Lipinski definition) is 4. The number of aliphatic hydroxyl groups excluding tert-OH is 1. The lowest BCUT2D eigenvalue weighted by atomic mass is 10.3. The van der Waals surface area contributed by atoms with Gasteiger partial charge in [-0.1, -0.05) is 29.3 Å². The third-order valence-electron chi connectivity index (χ3n) is 3.47. The molecule has 1 saturated heterocycles. The summed E-state index contributed by atoms with van der Waals surface area (Å²) >= 11 is 12.0. The number of benzene rings is 1. The Balaban J connectivity index is 1.81. The normalized spacial score (nSPS) is 16.9. The molecule has 0 spiro atoms. The Hall–Kier alpha value is -0.850. The summed E-state index contributed by atoms with van der Waals surface area (Å²) in [5.74, 6) is -0.102. The van der Waals surface area contributed by atoms with Crippen molar-refractivity contribution in [2.75, 3.05) is 51.2 Å². The predicted molar refractivity (Wildman–Crippen MR) is 85.1 cm³/mol. The van der Waals surface area contributed by atoms with E-state index in [1.165, 1.54) is 0 Å². The first-order chi connectivity index (χ1) is 10.1. The topological polar surface area (TPSA) is 55.8 Å². The number of aliphatic hydroxyl groups is 1. The van der Waals surface area contributed by atoms with E-state index < -0.39 is 0 Å². The van der Waals surface area contributed by atoms with Gasteiger partial charge < -0.3 is 10.4 Å². The number of rotatable bonds is 5. The Morgan fingerprint density at radius 3 is 2.52 bits per heavy atom.